The van der Waals surface area contributed by atoms with Crippen molar-refractivity contribution in [3.05, 3.63) is 10.6 Å². The molecule has 1 aliphatic carbocycles. The third kappa shape index (κ3) is 2.17. The molecule has 2 unspecified atom stereocenters. The van der Waals surface area contributed by atoms with Crippen molar-refractivity contribution in [3.8, 4) is 0 Å². The number of carbonyl (C=O) groups is 1. The lowest BCUT2D eigenvalue weighted by Crippen LogP contribution is -2.32. The van der Waals surface area contributed by atoms with Gasteiger partial charge in [0.15, 0.2) is 0 Å². The molecule has 94 valence electrons. The highest BCUT2D eigenvalue weighted by Gasteiger charge is 2.53. The second kappa shape index (κ2) is 4.88. The molecule has 0 bridgehead atoms. The molecule has 7 heteroatoms. The van der Waals surface area contributed by atoms with Crippen LogP contribution >= 0.6 is 23.9 Å². The van der Waals surface area contributed by atoms with Gasteiger partial charge in [-0.1, -0.05) is 11.4 Å². The van der Waals surface area contributed by atoms with Crippen molar-refractivity contribution < 1.29 is 4.79 Å². The number of halogens is 1. The summed E-state index contributed by atoms with van der Waals surface area (Å²) >= 11 is 1.19. The van der Waals surface area contributed by atoms with Crippen molar-refractivity contribution in [2.24, 2.45) is 11.8 Å². The summed E-state index contributed by atoms with van der Waals surface area (Å²) in [6.07, 6.45) is 0.762. The molecule has 3 rings (SSSR count). The lowest BCUT2D eigenvalue weighted by Gasteiger charge is -2.06. The highest BCUT2D eigenvalue weighted by atomic mass is 35.5. The van der Waals surface area contributed by atoms with Crippen molar-refractivity contribution in [3.63, 3.8) is 0 Å². The lowest BCUT2D eigenvalue weighted by atomic mass is 10.3. The Hall–Kier alpha value is -0.720. The van der Waals surface area contributed by atoms with E-state index in [1.807, 2.05) is 6.92 Å². The van der Waals surface area contributed by atoms with Gasteiger partial charge in [0.05, 0.1) is 5.69 Å². The molecule has 0 spiro atoms. The number of nitrogens with one attached hydrogen (secondary N) is 2. The molecule has 2 atom stereocenters. The number of nitrogens with zero attached hydrogens (tertiary/aromatic N) is 2. The van der Waals surface area contributed by atoms with E-state index in [4.69, 9.17) is 0 Å². The summed E-state index contributed by atoms with van der Waals surface area (Å²) in [4.78, 5) is 12.6. The number of carbonyl (C=O) groups excluding carboxylic acids is 1. The highest BCUT2D eigenvalue weighted by molar-refractivity contribution is 7.08. The summed E-state index contributed by atoms with van der Waals surface area (Å²) in [5.41, 5.74) is 0.812. The minimum Gasteiger partial charge on any atom is -0.348 e. The number of fused-ring (bicyclic) bond motifs is 1. The zero-order valence-electron chi connectivity index (χ0n) is 9.47. The fraction of sp³-hybridized carbons (Fsp3) is 0.700. The number of hydrogen-bond acceptors (Lipinski definition) is 5. The van der Waals surface area contributed by atoms with E-state index in [9.17, 15) is 4.79 Å². The van der Waals surface area contributed by atoms with Gasteiger partial charge in [0, 0.05) is 19.1 Å². The smallest absolute Gasteiger partial charge is 0.265 e. The zero-order valence-corrected chi connectivity index (χ0v) is 11.1. The molecule has 2 aliphatic rings. The average Bonchev–Trinajstić information content (AvgIpc) is 2.81. The van der Waals surface area contributed by atoms with Crippen LogP contribution in [0, 0.1) is 11.8 Å². The van der Waals surface area contributed by atoms with E-state index in [0.29, 0.717) is 22.8 Å². The molecule has 1 aliphatic heterocycles. The van der Waals surface area contributed by atoms with Gasteiger partial charge in [-0.25, -0.2) is 0 Å². The van der Waals surface area contributed by atoms with Gasteiger partial charge in [0.25, 0.3) is 5.91 Å². The van der Waals surface area contributed by atoms with Crippen LogP contribution in [0.5, 0.6) is 0 Å². The predicted octanol–water partition coefficient (Wildman–Crippen LogP) is 0.470. The molecule has 2 fully saturated rings. The van der Waals surface area contributed by atoms with Crippen molar-refractivity contribution in [2.45, 2.75) is 19.4 Å². The second-order valence-electron chi connectivity index (χ2n) is 4.39. The van der Waals surface area contributed by atoms with E-state index >= 15 is 0 Å². The molecule has 17 heavy (non-hydrogen) atoms. The Morgan fingerprint density at radius 1 is 1.53 bits per heavy atom. The molecule has 1 aromatic rings. The van der Waals surface area contributed by atoms with Gasteiger partial charge in [-0.15, -0.1) is 17.5 Å². The van der Waals surface area contributed by atoms with Gasteiger partial charge in [-0.05, 0) is 29.8 Å². The second-order valence-corrected chi connectivity index (χ2v) is 5.14. The number of piperidine rings is 1. The van der Waals surface area contributed by atoms with Crippen molar-refractivity contribution >= 4 is 29.8 Å². The summed E-state index contributed by atoms with van der Waals surface area (Å²) in [5, 5.41) is 10.3. The first-order chi connectivity index (χ1) is 7.81. The first-order valence-corrected chi connectivity index (χ1v) is 6.41. The third-order valence-electron chi connectivity index (χ3n) is 3.49. The normalized spacial score (nSPS) is 29.4. The number of amides is 1. The maximum atomic E-state index is 12.0. The monoisotopic (exact) mass is 274 g/mol. The van der Waals surface area contributed by atoms with Gasteiger partial charge < -0.3 is 10.6 Å². The molecule has 1 aromatic heterocycles. The summed E-state index contributed by atoms with van der Waals surface area (Å²) in [7, 11) is 0. The SMILES string of the molecule is CCc1nnsc1C(=O)NC1C2CNCC21.Cl. The molecule has 5 nitrogen and oxygen atoms in total. The van der Waals surface area contributed by atoms with Crippen LogP contribution in [0.1, 0.15) is 22.3 Å². The van der Waals surface area contributed by atoms with Gasteiger partial charge in [-0.3, -0.25) is 4.79 Å². The summed E-state index contributed by atoms with van der Waals surface area (Å²) in [5.74, 6) is 1.30. The van der Waals surface area contributed by atoms with Crippen LogP contribution in [-0.4, -0.2) is 34.6 Å². The van der Waals surface area contributed by atoms with E-state index in [1.165, 1.54) is 11.5 Å². The predicted molar refractivity (Wildman–Crippen MR) is 67.6 cm³/mol. The Morgan fingerprint density at radius 3 is 2.88 bits per heavy atom. The van der Waals surface area contributed by atoms with E-state index in [-0.39, 0.29) is 18.3 Å². The molecule has 2 N–H and O–H groups in total. The molecule has 0 radical (unpaired) electrons. The van der Waals surface area contributed by atoms with Gasteiger partial charge in [0.1, 0.15) is 4.88 Å². The van der Waals surface area contributed by atoms with Crippen molar-refractivity contribution in [1.29, 1.82) is 0 Å². The molecule has 2 heterocycles. The quantitative estimate of drug-likeness (QED) is 0.841. The van der Waals surface area contributed by atoms with E-state index in [2.05, 4.69) is 20.2 Å². The largest absolute Gasteiger partial charge is 0.348 e. The fourth-order valence-electron chi connectivity index (χ4n) is 2.46. The highest BCUT2D eigenvalue weighted by Crippen LogP contribution is 2.41. The maximum absolute atomic E-state index is 12.0. The number of aromatic nitrogens is 2. The molecule has 0 aromatic carbocycles. The van der Waals surface area contributed by atoms with Crippen LogP contribution in [0.25, 0.3) is 0 Å². The standard InChI is InChI=1S/C10H14N4OS.ClH/c1-2-7-9(16-14-13-7)10(15)12-8-5-3-11-4-6(5)8;/h5-6,8,11H,2-4H2,1H3,(H,12,15);1H. The summed E-state index contributed by atoms with van der Waals surface area (Å²) in [6.45, 7) is 4.07. The maximum Gasteiger partial charge on any atom is 0.265 e. The Kier molecular flexibility index (Phi) is 3.65. The van der Waals surface area contributed by atoms with E-state index in [1.54, 1.807) is 0 Å². The average molecular weight is 275 g/mol. The first-order valence-electron chi connectivity index (χ1n) is 5.64. The first kappa shape index (κ1) is 12.7. The lowest BCUT2D eigenvalue weighted by molar-refractivity contribution is 0.0949. The van der Waals surface area contributed by atoms with E-state index < -0.39 is 0 Å². The van der Waals surface area contributed by atoms with Crippen LogP contribution in [-0.2, 0) is 6.42 Å². The minimum atomic E-state index is 0. The van der Waals surface area contributed by atoms with Crippen molar-refractivity contribution in [2.75, 3.05) is 13.1 Å². The molecule has 1 saturated carbocycles. The number of aryl methyl sites for hydroxylation is 1. The number of rotatable bonds is 3. The molecular weight excluding hydrogens is 260 g/mol. The van der Waals surface area contributed by atoms with Crippen molar-refractivity contribution in [1.82, 2.24) is 20.2 Å². The van der Waals surface area contributed by atoms with Crippen LogP contribution < -0.4 is 10.6 Å². The topological polar surface area (TPSA) is 66.9 Å². The third-order valence-corrected chi connectivity index (χ3v) is 4.25. The molecule has 1 saturated heterocycles. The summed E-state index contributed by atoms with van der Waals surface area (Å²) in [6, 6.07) is 0.376. The summed E-state index contributed by atoms with van der Waals surface area (Å²) < 4.78 is 3.83. The van der Waals surface area contributed by atoms with E-state index in [0.717, 1.165) is 25.2 Å². The number of hydrogen-bond donors (Lipinski definition) is 2. The Morgan fingerprint density at radius 2 is 2.24 bits per heavy atom. The van der Waals surface area contributed by atoms with Crippen LogP contribution in [0.2, 0.25) is 0 Å². The molecular formula is C10H15ClN4OS. The van der Waals surface area contributed by atoms with Crippen LogP contribution in [0.3, 0.4) is 0 Å². The zero-order chi connectivity index (χ0) is 11.1. The van der Waals surface area contributed by atoms with Crippen LogP contribution in [0.15, 0.2) is 0 Å². The molecule has 1 amide bonds. The fourth-order valence-corrected chi connectivity index (χ4v) is 3.12. The van der Waals surface area contributed by atoms with Gasteiger partial charge in [0.2, 0.25) is 0 Å². The minimum absolute atomic E-state index is 0. The Balaban J connectivity index is 0.00000108. The Bertz CT molecular complexity index is 414. The Labute approximate surface area is 110 Å². The van der Waals surface area contributed by atoms with Gasteiger partial charge >= 0.3 is 0 Å². The van der Waals surface area contributed by atoms with Crippen LogP contribution in [0.4, 0.5) is 0 Å². The van der Waals surface area contributed by atoms with Gasteiger partial charge in [-0.2, -0.15) is 0 Å².